The maximum absolute atomic E-state index is 11.9. The molecule has 1 aliphatic heterocycles. The van der Waals surface area contributed by atoms with Gasteiger partial charge >= 0.3 is 0 Å². The van der Waals surface area contributed by atoms with E-state index in [1.54, 1.807) is 0 Å². The van der Waals surface area contributed by atoms with Crippen LogP contribution in [0.2, 0.25) is 0 Å². The fourth-order valence-corrected chi connectivity index (χ4v) is 1.91. The summed E-state index contributed by atoms with van der Waals surface area (Å²) in [4.78, 5) is 13.7. The van der Waals surface area contributed by atoms with Crippen molar-refractivity contribution in [2.75, 3.05) is 0 Å². The summed E-state index contributed by atoms with van der Waals surface area (Å²) in [5.74, 6) is 0.845. The van der Waals surface area contributed by atoms with Crippen LogP contribution < -0.4 is 0 Å². The summed E-state index contributed by atoms with van der Waals surface area (Å²) in [6.45, 7) is 12.2. The Morgan fingerprint density at radius 3 is 2.15 bits per heavy atom. The van der Waals surface area contributed by atoms with Crippen LogP contribution in [0.5, 0.6) is 0 Å². The standard InChI is InChI=1S/C11H19NO/c1-7(2)10-6-9(5)12(8(3)4)11(10)13/h7-8,10H,5-6H2,1-4H3. The molecule has 0 aromatic rings. The Morgan fingerprint density at radius 2 is 1.92 bits per heavy atom. The van der Waals surface area contributed by atoms with Crippen LogP contribution in [0, 0.1) is 11.8 Å². The topological polar surface area (TPSA) is 20.3 Å². The van der Waals surface area contributed by atoms with Crippen LogP contribution in [0.15, 0.2) is 12.3 Å². The van der Waals surface area contributed by atoms with Crippen molar-refractivity contribution < 1.29 is 4.79 Å². The van der Waals surface area contributed by atoms with Gasteiger partial charge in [-0.1, -0.05) is 20.4 Å². The lowest BCUT2D eigenvalue weighted by Crippen LogP contribution is -2.33. The Labute approximate surface area is 80.6 Å². The molecule has 0 saturated carbocycles. The molecule has 1 rings (SSSR count). The number of amides is 1. The molecule has 1 aliphatic rings. The van der Waals surface area contributed by atoms with Crippen LogP contribution in [-0.4, -0.2) is 16.8 Å². The second-order valence-corrected chi connectivity index (χ2v) is 4.42. The molecule has 1 saturated heterocycles. The van der Waals surface area contributed by atoms with Gasteiger partial charge in [0.25, 0.3) is 0 Å². The van der Waals surface area contributed by atoms with E-state index >= 15 is 0 Å². The van der Waals surface area contributed by atoms with Gasteiger partial charge < -0.3 is 4.90 Å². The molecule has 0 radical (unpaired) electrons. The molecule has 13 heavy (non-hydrogen) atoms. The summed E-state index contributed by atoms with van der Waals surface area (Å²) in [7, 11) is 0. The van der Waals surface area contributed by atoms with E-state index in [1.165, 1.54) is 0 Å². The lowest BCUT2D eigenvalue weighted by atomic mass is 9.94. The van der Waals surface area contributed by atoms with Gasteiger partial charge in [-0.15, -0.1) is 0 Å². The van der Waals surface area contributed by atoms with E-state index < -0.39 is 0 Å². The molecular weight excluding hydrogens is 162 g/mol. The number of hydrogen-bond acceptors (Lipinski definition) is 1. The van der Waals surface area contributed by atoms with Gasteiger partial charge in [-0.25, -0.2) is 0 Å². The van der Waals surface area contributed by atoms with Crippen molar-refractivity contribution in [1.29, 1.82) is 0 Å². The van der Waals surface area contributed by atoms with Crippen LogP contribution in [0.4, 0.5) is 0 Å². The molecule has 1 atom stereocenters. The van der Waals surface area contributed by atoms with E-state index in [0.29, 0.717) is 5.92 Å². The van der Waals surface area contributed by atoms with Crippen molar-refractivity contribution >= 4 is 5.91 Å². The first-order chi connectivity index (χ1) is 5.95. The average Bonchev–Trinajstić information content (AvgIpc) is 2.26. The number of nitrogens with zero attached hydrogens (tertiary/aromatic N) is 1. The Bertz CT molecular complexity index is 230. The molecule has 1 unspecified atom stereocenters. The van der Waals surface area contributed by atoms with Gasteiger partial charge in [0, 0.05) is 17.7 Å². The van der Waals surface area contributed by atoms with E-state index in [1.807, 2.05) is 18.7 Å². The molecule has 74 valence electrons. The summed E-state index contributed by atoms with van der Waals surface area (Å²) in [5.41, 5.74) is 0.985. The molecule has 0 aromatic heterocycles. The third-order valence-electron chi connectivity index (χ3n) is 2.67. The average molecular weight is 181 g/mol. The second kappa shape index (κ2) is 3.52. The monoisotopic (exact) mass is 181 g/mol. The molecule has 1 amide bonds. The molecule has 2 nitrogen and oxygen atoms in total. The lowest BCUT2D eigenvalue weighted by molar-refractivity contribution is -0.132. The number of allylic oxidation sites excluding steroid dienone is 1. The number of likely N-dealkylation sites (tertiary alicyclic amines) is 1. The predicted octanol–water partition coefficient (Wildman–Crippen LogP) is 2.41. The summed E-state index contributed by atoms with van der Waals surface area (Å²) >= 11 is 0. The van der Waals surface area contributed by atoms with Crippen LogP contribution in [0.3, 0.4) is 0 Å². The molecule has 0 aromatic carbocycles. The third kappa shape index (κ3) is 1.77. The highest BCUT2D eigenvalue weighted by atomic mass is 16.2. The van der Waals surface area contributed by atoms with E-state index in [4.69, 9.17) is 0 Å². The predicted molar refractivity (Wildman–Crippen MR) is 54.1 cm³/mol. The SMILES string of the molecule is C=C1CC(C(C)C)C(=O)N1C(C)C. The Morgan fingerprint density at radius 1 is 1.38 bits per heavy atom. The summed E-state index contributed by atoms with van der Waals surface area (Å²) < 4.78 is 0. The maximum Gasteiger partial charge on any atom is 0.230 e. The molecular formula is C11H19NO. The van der Waals surface area contributed by atoms with Gasteiger partial charge in [0.05, 0.1) is 0 Å². The van der Waals surface area contributed by atoms with Gasteiger partial charge in [-0.3, -0.25) is 4.79 Å². The number of rotatable bonds is 2. The van der Waals surface area contributed by atoms with Gasteiger partial charge in [0.2, 0.25) is 5.91 Å². The van der Waals surface area contributed by atoms with Crippen molar-refractivity contribution in [3.05, 3.63) is 12.3 Å². The molecule has 0 aliphatic carbocycles. The summed E-state index contributed by atoms with van der Waals surface area (Å²) in [5, 5.41) is 0. The zero-order valence-electron chi connectivity index (χ0n) is 9.00. The highest BCUT2D eigenvalue weighted by molar-refractivity contribution is 5.84. The van der Waals surface area contributed by atoms with Gasteiger partial charge in [0.15, 0.2) is 0 Å². The molecule has 2 heteroatoms. The second-order valence-electron chi connectivity index (χ2n) is 4.42. The van der Waals surface area contributed by atoms with E-state index in [9.17, 15) is 4.79 Å². The molecule has 1 heterocycles. The van der Waals surface area contributed by atoms with Crippen molar-refractivity contribution in [2.45, 2.75) is 40.2 Å². The summed E-state index contributed by atoms with van der Waals surface area (Å²) in [6.07, 6.45) is 0.842. The fourth-order valence-electron chi connectivity index (χ4n) is 1.91. The van der Waals surface area contributed by atoms with Gasteiger partial charge in [0.1, 0.15) is 0 Å². The highest BCUT2D eigenvalue weighted by Gasteiger charge is 2.37. The smallest absolute Gasteiger partial charge is 0.230 e. The summed E-state index contributed by atoms with van der Waals surface area (Å²) in [6, 6.07) is 0.253. The zero-order chi connectivity index (χ0) is 10.2. The first kappa shape index (κ1) is 10.3. The Balaban J connectivity index is 2.82. The largest absolute Gasteiger partial charge is 0.314 e. The third-order valence-corrected chi connectivity index (χ3v) is 2.67. The number of carbonyl (C=O) groups excluding carboxylic acids is 1. The van der Waals surface area contributed by atoms with Crippen molar-refractivity contribution in [2.24, 2.45) is 11.8 Å². The van der Waals surface area contributed by atoms with Gasteiger partial charge in [-0.2, -0.15) is 0 Å². The Hall–Kier alpha value is -0.790. The maximum atomic E-state index is 11.9. The van der Waals surface area contributed by atoms with Crippen molar-refractivity contribution in [3.63, 3.8) is 0 Å². The van der Waals surface area contributed by atoms with Crippen LogP contribution >= 0.6 is 0 Å². The molecule has 1 fully saturated rings. The van der Waals surface area contributed by atoms with Crippen LogP contribution in [0.1, 0.15) is 34.1 Å². The highest BCUT2D eigenvalue weighted by Crippen LogP contribution is 2.33. The minimum Gasteiger partial charge on any atom is -0.314 e. The van der Waals surface area contributed by atoms with Crippen LogP contribution in [0.25, 0.3) is 0 Å². The van der Waals surface area contributed by atoms with E-state index in [2.05, 4.69) is 20.4 Å². The van der Waals surface area contributed by atoms with Crippen molar-refractivity contribution in [3.8, 4) is 0 Å². The first-order valence-corrected chi connectivity index (χ1v) is 4.96. The lowest BCUT2D eigenvalue weighted by Gasteiger charge is -2.22. The van der Waals surface area contributed by atoms with Crippen LogP contribution in [-0.2, 0) is 4.79 Å². The van der Waals surface area contributed by atoms with E-state index in [0.717, 1.165) is 12.1 Å². The Kier molecular flexibility index (Phi) is 2.79. The molecule has 0 spiro atoms. The minimum absolute atomic E-state index is 0.162. The first-order valence-electron chi connectivity index (χ1n) is 4.96. The number of hydrogen-bond donors (Lipinski definition) is 0. The molecule has 0 bridgehead atoms. The minimum atomic E-state index is 0.162. The quantitative estimate of drug-likeness (QED) is 0.640. The normalized spacial score (nSPS) is 23.8. The fraction of sp³-hybridized carbons (Fsp3) is 0.727. The van der Waals surface area contributed by atoms with Gasteiger partial charge in [-0.05, 0) is 26.2 Å². The number of carbonyl (C=O) groups is 1. The van der Waals surface area contributed by atoms with Crippen molar-refractivity contribution in [1.82, 2.24) is 4.90 Å². The molecule has 0 N–H and O–H groups in total. The zero-order valence-corrected chi connectivity index (χ0v) is 9.00. The van der Waals surface area contributed by atoms with E-state index in [-0.39, 0.29) is 17.9 Å².